The van der Waals surface area contributed by atoms with Crippen LogP contribution in [0.25, 0.3) is 0 Å². The van der Waals surface area contributed by atoms with Crippen LogP contribution in [-0.2, 0) is 0 Å². The number of amides is 1. The zero-order valence-electron chi connectivity index (χ0n) is 9.34. The minimum absolute atomic E-state index is 0.116. The molecule has 1 N–H and O–H groups in total. The molecule has 6 heteroatoms. The highest BCUT2D eigenvalue weighted by atomic mass is 35.5. The molecule has 1 aliphatic rings. The first-order valence-corrected chi connectivity index (χ1v) is 5.96. The van der Waals surface area contributed by atoms with E-state index in [1.54, 1.807) is 4.90 Å². The summed E-state index contributed by atoms with van der Waals surface area (Å²) in [5, 5.41) is 9.33. The Balaban J connectivity index is 2.09. The molecule has 0 aromatic carbocycles. The van der Waals surface area contributed by atoms with E-state index in [2.05, 4.69) is 9.97 Å². The Kier molecular flexibility index (Phi) is 3.91. The van der Waals surface area contributed by atoms with E-state index in [1.165, 1.54) is 12.4 Å². The molecule has 1 amide bonds. The molecule has 1 fully saturated rings. The van der Waals surface area contributed by atoms with E-state index in [4.69, 9.17) is 16.7 Å². The molecule has 2 heterocycles. The molecular weight excluding hydrogens is 242 g/mol. The van der Waals surface area contributed by atoms with Gasteiger partial charge in [-0.15, -0.1) is 0 Å². The highest BCUT2D eigenvalue weighted by Crippen LogP contribution is 2.17. The average Bonchev–Trinajstić information content (AvgIpc) is 2.38. The Hall–Kier alpha value is -1.20. The number of hydrogen-bond donors (Lipinski definition) is 1. The quantitative estimate of drug-likeness (QED) is 0.855. The normalized spacial score (nSPS) is 20.4. The second-order valence-electron chi connectivity index (χ2n) is 4.17. The van der Waals surface area contributed by atoms with Crippen molar-refractivity contribution in [3.8, 4) is 0 Å². The molecule has 1 aromatic heterocycles. The number of carbonyl (C=O) groups is 1. The Morgan fingerprint density at radius 2 is 2.41 bits per heavy atom. The molecule has 0 aliphatic carbocycles. The molecule has 1 aromatic rings. The Morgan fingerprint density at radius 3 is 3.12 bits per heavy atom. The summed E-state index contributed by atoms with van der Waals surface area (Å²) in [5.74, 6) is -0.00186. The first-order chi connectivity index (χ1) is 8.20. The summed E-state index contributed by atoms with van der Waals surface area (Å²) in [6.45, 7) is 1.39. The predicted molar refractivity (Wildman–Crippen MR) is 62.8 cm³/mol. The van der Waals surface area contributed by atoms with Crippen molar-refractivity contribution in [2.24, 2.45) is 5.92 Å². The van der Waals surface area contributed by atoms with Crippen molar-refractivity contribution < 1.29 is 9.90 Å². The lowest BCUT2D eigenvalue weighted by molar-refractivity contribution is 0.0614. The summed E-state index contributed by atoms with van der Waals surface area (Å²) in [7, 11) is 0. The van der Waals surface area contributed by atoms with Crippen molar-refractivity contribution in [2.45, 2.75) is 12.8 Å². The Morgan fingerprint density at radius 1 is 1.59 bits per heavy atom. The van der Waals surface area contributed by atoms with E-state index in [-0.39, 0.29) is 29.3 Å². The number of halogens is 1. The van der Waals surface area contributed by atoms with E-state index in [0.717, 1.165) is 12.8 Å². The van der Waals surface area contributed by atoms with Crippen LogP contribution in [-0.4, -0.2) is 45.6 Å². The molecule has 2 rings (SSSR count). The number of carbonyl (C=O) groups excluding carboxylic acids is 1. The fraction of sp³-hybridized carbons (Fsp3) is 0.545. The zero-order valence-corrected chi connectivity index (χ0v) is 10.1. The van der Waals surface area contributed by atoms with Crippen LogP contribution >= 0.6 is 11.6 Å². The SMILES string of the molecule is O=C(c1cncc(Cl)n1)N1CCCC(CO)C1. The average molecular weight is 256 g/mol. The Labute approximate surface area is 104 Å². The zero-order chi connectivity index (χ0) is 12.3. The molecule has 1 atom stereocenters. The summed E-state index contributed by atoms with van der Waals surface area (Å²) in [6, 6.07) is 0. The topological polar surface area (TPSA) is 66.3 Å². The summed E-state index contributed by atoms with van der Waals surface area (Å²) in [5.41, 5.74) is 0.260. The van der Waals surface area contributed by atoms with E-state index >= 15 is 0 Å². The van der Waals surface area contributed by atoms with Crippen LogP contribution < -0.4 is 0 Å². The fourth-order valence-electron chi connectivity index (χ4n) is 2.01. The van der Waals surface area contributed by atoms with Crippen LogP contribution in [0.5, 0.6) is 0 Å². The first kappa shape index (κ1) is 12.3. The summed E-state index contributed by atoms with van der Waals surface area (Å²) < 4.78 is 0. The monoisotopic (exact) mass is 255 g/mol. The summed E-state index contributed by atoms with van der Waals surface area (Å²) in [6.07, 6.45) is 4.67. The molecule has 1 unspecified atom stereocenters. The van der Waals surface area contributed by atoms with Crippen LogP contribution in [0.4, 0.5) is 0 Å². The molecule has 0 bridgehead atoms. The number of aliphatic hydroxyl groups excluding tert-OH is 1. The molecule has 5 nitrogen and oxygen atoms in total. The van der Waals surface area contributed by atoms with Crippen LogP contribution in [0.2, 0.25) is 5.15 Å². The third kappa shape index (κ3) is 2.92. The van der Waals surface area contributed by atoms with Crippen molar-refractivity contribution in [1.82, 2.24) is 14.9 Å². The van der Waals surface area contributed by atoms with Crippen molar-refractivity contribution in [3.63, 3.8) is 0 Å². The largest absolute Gasteiger partial charge is 0.396 e. The van der Waals surface area contributed by atoms with Gasteiger partial charge < -0.3 is 10.0 Å². The molecule has 0 saturated carbocycles. The number of aliphatic hydroxyl groups is 1. The van der Waals surface area contributed by atoms with E-state index in [1.807, 2.05) is 0 Å². The number of hydrogen-bond acceptors (Lipinski definition) is 4. The van der Waals surface area contributed by atoms with Gasteiger partial charge in [-0.3, -0.25) is 9.78 Å². The van der Waals surface area contributed by atoms with Gasteiger partial charge in [0.15, 0.2) is 0 Å². The van der Waals surface area contributed by atoms with Crippen LogP contribution in [0.1, 0.15) is 23.3 Å². The van der Waals surface area contributed by atoms with Gasteiger partial charge >= 0.3 is 0 Å². The Bertz CT molecular complexity index is 413. The predicted octanol–water partition coefficient (Wildman–Crippen LogP) is 0.974. The van der Waals surface area contributed by atoms with Gasteiger partial charge in [0, 0.05) is 19.7 Å². The molecule has 0 spiro atoms. The lowest BCUT2D eigenvalue weighted by Gasteiger charge is -2.31. The van der Waals surface area contributed by atoms with Crippen molar-refractivity contribution in [3.05, 3.63) is 23.2 Å². The van der Waals surface area contributed by atoms with Gasteiger partial charge in [-0.2, -0.15) is 0 Å². The van der Waals surface area contributed by atoms with Gasteiger partial charge in [0.25, 0.3) is 5.91 Å². The maximum atomic E-state index is 12.1. The summed E-state index contributed by atoms with van der Waals surface area (Å²) in [4.78, 5) is 21.6. The second kappa shape index (κ2) is 5.42. The van der Waals surface area contributed by atoms with Gasteiger partial charge in [-0.1, -0.05) is 11.6 Å². The van der Waals surface area contributed by atoms with Gasteiger partial charge in [0.2, 0.25) is 0 Å². The highest BCUT2D eigenvalue weighted by molar-refractivity contribution is 6.29. The van der Waals surface area contributed by atoms with Crippen molar-refractivity contribution in [2.75, 3.05) is 19.7 Å². The van der Waals surface area contributed by atoms with Crippen molar-refractivity contribution in [1.29, 1.82) is 0 Å². The maximum absolute atomic E-state index is 12.1. The third-order valence-electron chi connectivity index (χ3n) is 2.89. The summed E-state index contributed by atoms with van der Waals surface area (Å²) >= 11 is 5.70. The minimum Gasteiger partial charge on any atom is -0.396 e. The van der Waals surface area contributed by atoms with Gasteiger partial charge in [0.05, 0.1) is 12.4 Å². The fourth-order valence-corrected chi connectivity index (χ4v) is 2.15. The molecular formula is C11H14ClN3O2. The van der Waals surface area contributed by atoms with Gasteiger partial charge in [0.1, 0.15) is 10.8 Å². The highest BCUT2D eigenvalue weighted by Gasteiger charge is 2.24. The number of rotatable bonds is 2. The number of nitrogens with zero attached hydrogens (tertiary/aromatic N) is 3. The van der Waals surface area contributed by atoms with Crippen LogP contribution in [0.3, 0.4) is 0 Å². The van der Waals surface area contributed by atoms with E-state index in [0.29, 0.717) is 13.1 Å². The van der Waals surface area contributed by atoms with E-state index < -0.39 is 0 Å². The first-order valence-electron chi connectivity index (χ1n) is 5.58. The van der Waals surface area contributed by atoms with Crippen molar-refractivity contribution >= 4 is 17.5 Å². The minimum atomic E-state index is -0.168. The maximum Gasteiger partial charge on any atom is 0.274 e. The molecule has 17 heavy (non-hydrogen) atoms. The van der Waals surface area contributed by atoms with E-state index in [9.17, 15) is 4.79 Å². The molecule has 92 valence electrons. The lowest BCUT2D eigenvalue weighted by Crippen LogP contribution is -2.41. The van der Waals surface area contributed by atoms with Gasteiger partial charge in [-0.25, -0.2) is 4.98 Å². The number of likely N-dealkylation sites (tertiary alicyclic amines) is 1. The van der Waals surface area contributed by atoms with Crippen LogP contribution in [0.15, 0.2) is 12.4 Å². The smallest absolute Gasteiger partial charge is 0.274 e. The third-order valence-corrected chi connectivity index (χ3v) is 3.07. The molecule has 0 radical (unpaired) electrons. The number of aromatic nitrogens is 2. The lowest BCUT2D eigenvalue weighted by atomic mass is 9.99. The molecule has 1 aliphatic heterocycles. The van der Waals surface area contributed by atoms with Crippen LogP contribution in [0, 0.1) is 5.92 Å². The standard InChI is InChI=1S/C11H14ClN3O2/c12-10-5-13-4-9(14-10)11(17)15-3-1-2-8(6-15)7-16/h4-5,8,16H,1-3,6-7H2. The second-order valence-corrected chi connectivity index (χ2v) is 4.56. The van der Waals surface area contributed by atoms with Gasteiger partial charge in [-0.05, 0) is 18.8 Å². The molecule has 1 saturated heterocycles. The number of piperidine rings is 1.